The molecule has 0 amide bonds. The summed E-state index contributed by atoms with van der Waals surface area (Å²) in [5, 5.41) is 19.2. The molecule has 1 fully saturated rings. The van der Waals surface area contributed by atoms with Crippen molar-refractivity contribution < 1.29 is 19.7 Å². The molecule has 1 saturated heterocycles. The highest BCUT2D eigenvalue weighted by Crippen LogP contribution is 2.17. The molecule has 0 saturated carbocycles. The summed E-state index contributed by atoms with van der Waals surface area (Å²) < 4.78 is 10.9. The summed E-state index contributed by atoms with van der Waals surface area (Å²) in [4.78, 5) is 0. The molecule has 0 aromatic carbocycles. The first kappa shape index (κ1) is 14.9. The molecule has 2 N–H and O–H groups in total. The molecule has 0 spiro atoms. The van der Waals surface area contributed by atoms with E-state index in [-0.39, 0.29) is 12.7 Å². The van der Waals surface area contributed by atoms with Gasteiger partial charge >= 0.3 is 0 Å². The third-order valence-electron chi connectivity index (χ3n) is 3.44. The van der Waals surface area contributed by atoms with Crippen molar-refractivity contribution in [2.75, 3.05) is 19.8 Å². The molecule has 1 aliphatic heterocycles. The van der Waals surface area contributed by atoms with E-state index in [1.807, 2.05) is 0 Å². The highest BCUT2D eigenvalue weighted by molar-refractivity contribution is 4.80. The molecule has 4 nitrogen and oxygen atoms in total. The summed E-state index contributed by atoms with van der Waals surface area (Å²) in [7, 11) is 0. The maximum Gasteiger partial charge on any atom is 0.110 e. The summed E-state index contributed by atoms with van der Waals surface area (Å²) in [6, 6.07) is 0. The number of rotatable bonds is 7. The second-order valence-corrected chi connectivity index (χ2v) is 4.88. The smallest absolute Gasteiger partial charge is 0.110 e. The Balaban J connectivity index is 2.27. The fraction of sp³-hybridized carbons (Fsp3) is 1.00. The number of hydrogen-bond acceptors (Lipinski definition) is 4. The zero-order valence-electron chi connectivity index (χ0n) is 11.0. The third kappa shape index (κ3) is 4.92. The molecule has 0 bridgehead atoms. The number of hydrogen-bond donors (Lipinski definition) is 2. The Kier molecular flexibility index (Phi) is 7.04. The van der Waals surface area contributed by atoms with Gasteiger partial charge in [-0.15, -0.1) is 0 Å². The third-order valence-corrected chi connectivity index (χ3v) is 3.44. The molecule has 102 valence electrons. The Morgan fingerprint density at radius 3 is 2.71 bits per heavy atom. The van der Waals surface area contributed by atoms with Crippen LogP contribution in [-0.2, 0) is 9.47 Å². The quantitative estimate of drug-likeness (QED) is 0.711. The predicted octanol–water partition coefficient (Wildman–Crippen LogP) is 1.34. The van der Waals surface area contributed by atoms with Crippen LogP contribution in [-0.4, -0.2) is 48.3 Å². The first-order valence-corrected chi connectivity index (χ1v) is 6.74. The van der Waals surface area contributed by atoms with E-state index in [1.54, 1.807) is 0 Å². The Morgan fingerprint density at radius 2 is 2.06 bits per heavy atom. The van der Waals surface area contributed by atoms with Crippen LogP contribution in [0.1, 0.15) is 39.5 Å². The van der Waals surface area contributed by atoms with Crippen LogP contribution in [0.15, 0.2) is 0 Å². The van der Waals surface area contributed by atoms with Gasteiger partial charge < -0.3 is 19.7 Å². The van der Waals surface area contributed by atoms with Crippen molar-refractivity contribution in [1.29, 1.82) is 0 Å². The van der Waals surface area contributed by atoms with Crippen LogP contribution in [0.2, 0.25) is 0 Å². The molecule has 1 heterocycles. The van der Waals surface area contributed by atoms with Crippen LogP contribution < -0.4 is 0 Å². The lowest BCUT2D eigenvalue weighted by Gasteiger charge is -2.32. The van der Waals surface area contributed by atoms with Gasteiger partial charge in [-0.1, -0.05) is 33.1 Å². The lowest BCUT2D eigenvalue weighted by molar-refractivity contribution is -0.173. The molecule has 1 rings (SSSR count). The van der Waals surface area contributed by atoms with E-state index in [0.717, 1.165) is 6.42 Å². The second kappa shape index (κ2) is 8.03. The Labute approximate surface area is 104 Å². The Bertz CT molecular complexity index is 198. The molecule has 4 atom stereocenters. The minimum atomic E-state index is -0.815. The van der Waals surface area contributed by atoms with Crippen molar-refractivity contribution in [3.05, 3.63) is 0 Å². The van der Waals surface area contributed by atoms with Gasteiger partial charge in [-0.25, -0.2) is 0 Å². The molecule has 1 unspecified atom stereocenters. The predicted molar refractivity (Wildman–Crippen MR) is 65.9 cm³/mol. The minimum absolute atomic E-state index is 0.202. The van der Waals surface area contributed by atoms with Crippen molar-refractivity contribution in [2.45, 2.75) is 57.8 Å². The van der Waals surface area contributed by atoms with Gasteiger partial charge in [0.1, 0.15) is 18.3 Å². The van der Waals surface area contributed by atoms with E-state index < -0.39 is 12.2 Å². The number of aliphatic hydroxyl groups is 2. The van der Waals surface area contributed by atoms with E-state index in [1.165, 1.54) is 19.3 Å². The first-order valence-electron chi connectivity index (χ1n) is 6.74. The van der Waals surface area contributed by atoms with Gasteiger partial charge in [0, 0.05) is 0 Å². The van der Waals surface area contributed by atoms with Crippen molar-refractivity contribution in [3.63, 3.8) is 0 Å². The van der Waals surface area contributed by atoms with Gasteiger partial charge in [-0.05, 0) is 12.3 Å². The fourth-order valence-electron chi connectivity index (χ4n) is 2.05. The van der Waals surface area contributed by atoms with Crippen molar-refractivity contribution in [3.8, 4) is 0 Å². The normalized spacial score (nSPS) is 31.4. The molecule has 0 aromatic heterocycles. The average Bonchev–Trinajstić information content (AvgIpc) is 2.34. The highest BCUT2D eigenvalue weighted by Gasteiger charge is 2.32. The van der Waals surface area contributed by atoms with Crippen LogP contribution >= 0.6 is 0 Å². The van der Waals surface area contributed by atoms with E-state index in [2.05, 4.69) is 13.8 Å². The molecule has 17 heavy (non-hydrogen) atoms. The van der Waals surface area contributed by atoms with E-state index in [9.17, 15) is 10.2 Å². The molecule has 0 aliphatic carbocycles. The standard InChI is InChI=1S/C13H26O4/c1-3-5-6-10(4-2)7-17-12-9-16-8-11(14)13(12)15/h10-15H,3-9H2,1-2H3/t10?,11-,12+,13+/m1/s1. The summed E-state index contributed by atoms with van der Waals surface area (Å²) in [6.07, 6.45) is 2.66. The molecular formula is C13H26O4. The SMILES string of the molecule is CCCCC(CC)CO[C@H]1COC[C@@H](O)[C@@H]1O. The summed E-state index contributed by atoms with van der Waals surface area (Å²) in [5.74, 6) is 0.543. The number of unbranched alkanes of at least 4 members (excludes halogenated alkanes) is 1. The summed E-state index contributed by atoms with van der Waals surface area (Å²) in [6.45, 7) is 5.57. The maximum absolute atomic E-state index is 9.74. The molecular weight excluding hydrogens is 220 g/mol. The Morgan fingerprint density at radius 1 is 1.29 bits per heavy atom. The van der Waals surface area contributed by atoms with Crippen molar-refractivity contribution in [1.82, 2.24) is 0 Å². The van der Waals surface area contributed by atoms with Gasteiger partial charge in [0.05, 0.1) is 19.8 Å². The minimum Gasteiger partial charge on any atom is -0.388 e. The average molecular weight is 246 g/mol. The van der Waals surface area contributed by atoms with Gasteiger partial charge in [0.15, 0.2) is 0 Å². The molecule has 1 aliphatic rings. The van der Waals surface area contributed by atoms with E-state index in [4.69, 9.17) is 9.47 Å². The lowest BCUT2D eigenvalue weighted by Crippen LogP contribution is -2.49. The van der Waals surface area contributed by atoms with Crippen LogP contribution in [0.5, 0.6) is 0 Å². The zero-order chi connectivity index (χ0) is 12.7. The Hall–Kier alpha value is -0.160. The lowest BCUT2D eigenvalue weighted by atomic mass is 10.00. The molecule has 0 aromatic rings. The van der Waals surface area contributed by atoms with Crippen LogP contribution in [0.3, 0.4) is 0 Å². The van der Waals surface area contributed by atoms with Crippen LogP contribution in [0.4, 0.5) is 0 Å². The maximum atomic E-state index is 9.74. The summed E-state index contributed by atoms with van der Waals surface area (Å²) >= 11 is 0. The molecule has 4 heteroatoms. The van der Waals surface area contributed by atoms with Crippen LogP contribution in [0.25, 0.3) is 0 Å². The fourth-order valence-corrected chi connectivity index (χ4v) is 2.05. The van der Waals surface area contributed by atoms with Crippen molar-refractivity contribution in [2.24, 2.45) is 5.92 Å². The van der Waals surface area contributed by atoms with Crippen molar-refractivity contribution >= 4 is 0 Å². The monoisotopic (exact) mass is 246 g/mol. The van der Waals surface area contributed by atoms with E-state index >= 15 is 0 Å². The van der Waals surface area contributed by atoms with E-state index in [0.29, 0.717) is 19.1 Å². The van der Waals surface area contributed by atoms with Gasteiger partial charge in [0.25, 0.3) is 0 Å². The summed E-state index contributed by atoms with van der Waals surface area (Å²) in [5.41, 5.74) is 0. The first-order chi connectivity index (χ1) is 8.19. The number of aliphatic hydroxyl groups excluding tert-OH is 2. The second-order valence-electron chi connectivity index (χ2n) is 4.88. The largest absolute Gasteiger partial charge is 0.388 e. The van der Waals surface area contributed by atoms with Crippen LogP contribution in [0, 0.1) is 5.92 Å². The topological polar surface area (TPSA) is 58.9 Å². The van der Waals surface area contributed by atoms with Gasteiger partial charge in [0.2, 0.25) is 0 Å². The van der Waals surface area contributed by atoms with Gasteiger partial charge in [-0.2, -0.15) is 0 Å². The zero-order valence-corrected chi connectivity index (χ0v) is 11.0. The highest BCUT2D eigenvalue weighted by atomic mass is 16.6. The number of ether oxygens (including phenoxy) is 2. The van der Waals surface area contributed by atoms with Gasteiger partial charge in [-0.3, -0.25) is 0 Å². The molecule has 0 radical (unpaired) electrons.